The van der Waals surface area contributed by atoms with E-state index >= 15 is 0 Å². The first-order valence-electron chi connectivity index (χ1n) is 6.77. The van der Waals surface area contributed by atoms with E-state index in [1.54, 1.807) is 18.3 Å². The number of hydrogen-bond donors (Lipinski definition) is 0. The average Bonchev–Trinajstić information content (AvgIpc) is 2.97. The van der Waals surface area contributed by atoms with E-state index in [4.69, 9.17) is 4.42 Å². The number of oxazole rings is 1. The first-order valence-corrected chi connectivity index (χ1v) is 6.77. The molecule has 2 heterocycles. The van der Waals surface area contributed by atoms with Crippen LogP contribution >= 0.6 is 0 Å². The lowest BCUT2D eigenvalue weighted by Crippen LogP contribution is -2.25. The summed E-state index contributed by atoms with van der Waals surface area (Å²) in [4.78, 5) is 4.25. The van der Waals surface area contributed by atoms with Crippen molar-refractivity contribution in [3.63, 3.8) is 0 Å². The van der Waals surface area contributed by atoms with Gasteiger partial charge in [0.05, 0.1) is 6.20 Å². The summed E-state index contributed by atoms with van der Waals surface area (Å²) >= 11 is 0. The molecule has 0 saturated heterocycles. The van der Waals surface area contributed by atoms with Gasteiger partial charge in [-0.1, -0.05) is 0 Å². The molecule has 0 amide bonds. The van der Waals surface area contributed by atoms with Gasteiger partial charge in [0.2, 0.25) is 5.89 Å². The van der Waals surface area contributed by atoms with Crippen molar-refractivity contribution in [1.82, 2.24) is 4.98 Å². The van der Waals surface area contributed by atoms with Gasteiger partial charge < -0.3 is 21.7 Å². The van der Waals surface area contributed by atoms with E-state index in [0.29, 0.717) is 11.7 Å². The summed E-state index contributed by atoms with van der Waals surface area (Å²) in [6.45, 7) is 0. The van der Waals surface area contributed by atoms with Crippen LogP contribution in [0.2, 0.25) is 0 Å². The fourth-order valence-electron chi connectivity index (χ4n) is 1.80. The topological polar surface area (TPSA) is 29.9 Å². The van der Waals surface area contributed by atoms with Crippen LogP contribution in [0.5, 0.6) is 0 Å². The van der Waals surface area contributed by atoms with Crippen LogP contribution in [0, 0.1) is 5.82 Å². The highest BCUT2D eigenvalue weighted by atomic mass is 19.5. The van der Waals surface area contributed by atoms with Crippen molar-refractivity contribution in [2.24, 2.45) is 7.05 Å². The van der Waals surface area contributed by atoms with Crippen LogP contribution in [-0.4, -0.2) is 12.2 Å². The number of aromatic nitrogens is 2. The molecule has 9 heteroatoms. The molecule has 0 radical (unpaired) electrons. The Kier molecular flexibility index (Phi) is 5.33. The Balaban J connectivity index is 0.000000368. The monoisotopic (exact) mass is 342 g/mol. The standard InChI is InChI=1S/C15H12FN2O.BF4/c1-18-8-6-12(7-9-18)15-17-10-14(19-15)11-2-4-13(16)5-3-11;2-1(3,4)5/h2-10H,1H3;/q+1;-1. The number of rotatable bonds is 2. The summed E-state index contributed by atoms with van der Waals surface area (Å²) in [6.07, 6.45) is 5.50. The molecule has 0 bridgehead atoms. The summed E-state index contributed by atoms with van der Waals surface area (Å²) in [6, 6.07) is 10.0. The fraction of sp³-hybridized carbons (Fsp3) is 0.0667. The maximum absolute atomic E-state index is 12.9. The van der Waals surface area contributed by atoms with Crippen molar-refractivity contribution in [2.45, 2.75) is 0 Å². The van der Waals surface area contributed by atoms with E-state index < -0.39 is 7.25 Å². The molecule has 0 saturated carbocycles. The maximum Gasteiger partial charge on any atom is 0.673 e. The van der Waals surface area contributed by atoms with Crippen molar-refractivity contribution in [1.29, 1.82) is 0 Å². The molecule has 0 atom stereocenters. The first-order chi connectivity index (χ1) is 11.2. The second-order valence-electron chi connectivity index (χ2n) is 4.78. The van der Waals surface area contributed by atoms with Gasteiger partial charge in [-0.2, -0.15) is 0 Å². The molecule has 0 aliphatic rings. The van der Waals surface area contributed by atoms with Crippen LogP contribution in [-0.2, 0) is 7.05 Å². The highest BCUT2D eigenvalue weighted by Crippen LogP contribution is 2.25. The molecule has 0 unspecified atom stereocenters. The van der Waals surface area contributed by atoms with Gasteiger partial charge in [-0.3, -0.25) is 0 Å². The minimum atomic E-state index is -6.00. The third kappa shape index (κ3) is 5.49. The number of hydrogen-bond acceptors (Lipinski definition) is 2. The Morgan fingerprint density at radius 3 is 2.00 bits per heavy atom. The molecule has 3 rings (SSSR count). The molecule has 0 spiro atoms. The highest BCUT2D eigenvalue weighted by Gasteiger charge is 2.20. The van der Waals surface area contributed by atoms with Crippen LogP contribution in [0.1, 0.15) is 0 Å². The zero-order valence-electron chi connectivity index (χ0n) is 12.5. The van der Waals surface area contributed by atoms with Crippen molar-refractivity contribution in [3.05, 3.63) is 60.8 Å². The number of benzene rings is 1. The Bertz CT molecular complexity index is 719. The third-order valence-corrected chi connectivity index (χ3v) is 2.86. The van der Waals surface area contributed by atoms with E-state index in [1.165, 1.54) is 12.1 Å². The van der Waals surface area contributed by atoms with E-state index in [2.05, 4.69) is 4.98 Å². The van der Waals surface area contributed by atoms with Gasteiger partial charge in [0.1, 0.15) is 12.9 Å². The predicted octanol–water partition coefficient (Wildman–Crippen LogP) is 4.27. The quantitative estimate of drug-likeness (QED) is 0.395. The van der Waals surface area contributed by atoms with Gasteiger partial charge in [0.25, 0.3) is 0 Å². The number of nitrogens with zero attached hydrogens (tertiary/aromatic N) is 2. The van der Waals surface area contributed by atoms with Gasteiger partial charge in [0.15, 0.2) is 18.2 Å². The van der Waals surface area contributed by atoms with E-state index in [9.17, 15) is 21.7 Å². The molecule has 0 aliphatic carbocycles. The first kappa shape index (κ1) is 17.6. The van der Waals surface area contributed by atoms with Crippen LogP contribution in [0.4, 0.5) is 21.7 Å². The van der Waals surface area contributed by atoms with Crippen molar-refractivity contribution < 1.29 is 30.6 Å². The second-order valence-corrected chi connectivity index (χ2v) is 4.78. The van der Waals surface area contributed by atoms with Crippen LogP contribution in [0.25, 0.3) is 22.8 Å². The molecule has 2 aromatic heterocycles. The molecule has 24 heavy (non-hydrogen) atoms. The fourth-order valence-corrected chi connectivity index (χ4v) is 1.80. The van der Waals surface area contributed by atoms with Gasteiger partial charge >= 0.3 is 7.25 Å². The Hall–Kier alpha value is -2.71. The van der Waals surface area contributed by atoms with Crippen LogP contribution in [0.15, 0.2) is 59.4 Å². The van der Waals surface area contributed by atoms with Crippen molar-refractivity contribution >= 4 is 7.25 Å². The number of aryl methyl sites for hydroxylation is 1. The molecule has 0 aliphatic heterocycles. The Labute approximate surface area is 134 Å². The van der Waals surface area contributed by atoms with Gasteiger partial charge in [0, 0.05) is 23.3 Å². The molecule has 3 aromatic rings. The average molecular weight is 342 g/mol. The summed E-state index contributed by atoms with van der Waals surface area (Å²) in [5.41, 5.74) is 1.72. The molecule has 3 nitrogen and oxygen atoms in total. The van der Waals surface area contributed by atoms with E-state index in [1.807, 2.05) is 36.1 Å². The minimum absolute atomic E-state index is 0.265. The van der Waals surface area contributed by atoms with Gasteiger partial charge in [-0.15, -0.1) is 0 Å². The molecule has 0 fully saturated rings. The molecule has 126 valence electrons. The zero-order valence-corrected chi connectivity index (χ0v) is 12.5. The van der Waals surface area contributed by atoms with Crippen LogP contribution in [0.3, 0.4) is 0 Å². The van der Waals surface area contributed by atoms with Crippen molar-refractivity contribution in [2.75, 3.05) is 0 Å². The second kappa shape index (κ2) is 7.24. The molecule has 0 N–H and O–H groups in total. The van der Waals surface area contributed by atoms with E-state index in [0.717, 1.165) is 11.1 Å². The zero-order chi connectivity index (χ0) is 17.7. The normalized spacial score (nSPS) is 10.9. The lowest BCUT2D eigenvalue weighted by molar-refractivity contribution is -0.671. The largest absolute Gasteiger partial charge is 0.673 e. The van der Waals surface area contributed by atoms with Gasteiger partial charge in [-0.25, -0.2) is 13.9 Å². The summed E-state index contributed by atoms with van der Waals surface area (Å²) < 4.78 is 59.5. The van der Waals surface area contributed by atoms with E-state index in [-0.39, 0.29) is 5.82 Å². The maximum atomic E-state index is 12.9. The summed E-state index contributed by atoms with van der Waals surface area (Å²) in [7, 11) is -4.05. The smallest absolute Gasteiger partial charge is 0.436 e. The predicted molar refractivity (Wildman–Crippen MR) is 78.7 cm³/mol. The number of halogens is 5. The lowest BCUT2D eigenvalue weighted by Gasteiger charge is -1.96. The third-order valence-electron chi connectivity index (χ3n) is 2.86. The summed E-state index contributed by atoms with van der Waals surface area (Å²) in [5, 5.41) is 0. The lowest BCUT2D eigenvalue weighted by atomic mass is 10.2. The Morgan fingerprint density at radius 1 is 0.917 bits per heavy atom. The highest BCUT2D eigenvalue weighted by molar-refractivity contribution is 6.50. The molecule has 1 aromatic carbocycles. The van der Waals surface area contributed by atoms with Crippen molar-refractivity contribution in [3.8, 4) is 22.8 Å². The Morgan fingerprint density at radius 2 is 1.46 bits per heavy atom. The van der Waals surface area contributed by atoms with Gasteiger partial charge in [-0.05, 0) is 24.3 Å². The summed E-state index contributed by atoms with van der Waals surface area (Å²) in [5.74, 6) is 0.919. The minimum Gasteiger partial charge on any atom is -0.436 e. The number of pyridine rings is 1. The SMILES string of the molecule is C[n+]1ccc(-c2ncc(-c3ccc(F)cc3)o2)cc1.F[B-](F)(F)F. The molecular formula is C15H12BF5N2O. The molecular weight excluding hydrogens is 330 g/mol. The van der Waals surface area contributed by atoms with Crippen LogP contribution < -0.4 is 4.57 Å².